The molecule has 56 valence electrons. The van der Waals surface area contributed by atoms with E-state index in [1.165, 1.54) is 12.4 Å². The van der Waals surface area contributed by atoms with Crippen molar-refractivity contribution in [1.82, 2.24) is 9.97 Å². The van der Waals surface area contributed by atoms with Gasteiger partial charge in [0.05, 0.1) is 7.85 Å². The van der Waals surface area contributed by atoms with Gasteiger partial charge in [0.2, 0.25) is 0 Å². The Hall–Kier alpha value is -0.925. The average molecular weight is 150 g/mol. The van der Waals surface area contributed by atoms with Crippen LogP contribution in [0.2, 0.25) is 6.32 Å². The standard InChI is InChI=1S/C7H8BFN2/c1-5(2-8)6-3-10-7(9)11-4-6/h3-5H,2H2,1H3. The van der Waals surface area contributed by atoms with Gasteiger partial charge >= 0.3 is 6.08 Å². The third-order valence-electron chi connectivity index (χ3n) is 1.56. The Balaban J connectivity index is 2.81. The van der Waals surface area contributed by atoms with Gasteiger partial charge in [0, 0.05) is 12.4 Å². The second-order valence-corrected chi connectivity index (χ2v) is 2.42. The molecule has 11 heavy (non-hydrogen) atoms. The van der Waals surface area contributed by atoms with Crippen molar-refractivity contribution in [1.29, 1.82) is 0 Å². The SMILES string of the molecule is [B]CC(C)c1cnc(F)nc1. The highest BCUT2D eigenvalue weighted by Crippen LogP contribution is 2.15. The minimum absolute atomic E-state index is 0.190. The maximum atomic E-state index is 12.2. The van der Waals surface area contributed by atoms with E-state index in [-0.39, 0.29) is 5.92 Å². The molecule has 0 amide bonds. The zero-order valence-electron chi connectivity index (χ0n) is 6.29. The van der Waals surface area contributed by atoms with Gasteiger partial charge in [-0.1, -0.05) is 13.2 Å². The van der Waals surface area contributed by atoms with Crippen molar-refractivity contribution in [3.8, 4) is 0 Å². The van der Waals surface area contributed by atoms with Crippen LogP contribution >= 0.6 is 0 Å². The maximum absolute atomic E-state index is 12.2. The van der Waals surface area contributed by atoms with Crippen LogP contribution < -0.4 is 0 Å². The predicted octanol–water partition coefficient (Wildman–Crippen LogP) is 1.31. The lowest BCUT2D eigenvalue weighted by molar-refractivity contribution is 0.535. The Morgan fingerprint density at radius 3 is 2.55 bits per heavy atom. The zero-order valence-corrected chi connectivity index (χ0v) is 6.29. The molecule has 0 spiro atoms. The summed E-state index contributed by atoms with van der Waals surface area (Å²) in [5.74, 6) is 0.190. The molecule has 0 fully saturated rings. The molecule has 1 atom stereocenters. The van der Waals surface area contributed by atoms with Crippen LogP contribution in [-0.2, 0) is 0 Å². The van der Waals surface area contributed by atoms with E-state index in [0.717, 1.165) is 5.56 Å². The van der Waals surface area contributed by atoms with Gasteiger partial charge in [-0.3, -0.25) is 0 Å². The highest BCUT2D eigenvalue weighted by Gasteiger charge is 2.02. The summed E-state index contributed by atoms with van der Waals surface area (Å²) in [4.78, 5) is 6.83. The molecule has 1 aromatic heterocycles. The molecule has 0 aliphatic carbocycles. The normalized spacial score (nSPS) is 12.9. The molecule has 2 radical (unpaired) electrons. The third kappa shape index (κ3) is 2.00. The van der Waals surface area contributed by atoms with Gasteiger partial charge < -0.3 is 0 Å². The largest absolute Gasteiger partial charge is 0.308 e. The smallest absolute Gasteiger partial charge is 0.211 e. The Labute approximate surface area is 66.3 Å². The minimum atomic E-state index is -0.696. The van der Waals surface area contributed by atoms with Crippen molar-refractivity contribution >= 4 is 7.85 Å². The molecule has 2 nitrogen and oxygen atoms in total. The van der Waals surface area contributed by atoms with Crippen LogP contribution in [-0.4, -0.2) is 17.8 Å². The van der Waals surface area contributed by atoms with Crippen LogP contribution in [0.15, 0.2) is 12.4 Å². The van der Waals surface area contributed by atoms with Crippen molar-refractivity contribution in [3.05, 3.63) is 24.0 Å². The third-order valence-corrected chi connectivity index (χ3v) is 1.56. The molecule has 0 aliphatic heterocycles. The summed E-state index contributed by atoms with van der Waals surface area (Å²) in [5, 5.41) is 0. The molecule has 0 aromatic carbocycles. The van der Waals surface area contributed by atoms with Gasteiger partial charge in [-0.2, -0.15) is 4.39 Å². The molecule has 0 aliphatic rings. The topological polar surface area (TPSA) is 25.8 Å². The average Bonchev–Trinajstić information content (AvgIpc) is 2.05. The molecule has 0 saturated carbocycles. The molecular formula is C7H8BFN2. The Kier molecular flexibility index (Phi) is 2.57. The lowest BCUT2D eigenvalue weighted by Gasteiger charge is -2.05. The summed E-state index contributed by atoms with van der Waals surface area (Å²) in [6.07, 6.45) is 2.74. The number of rotatable bonds is 2. The van der Waals surface area contributed by atoms with Gasteiger partial charge in [-0.05, 0) is 11.5 Å². The number of hydrogen-bond acceptors (Lipinski definition) is 2. The summed E-state index contributed by atoms with van der Waals surface area (Å²) in [6.45, 7) is 1.94. The maximum Gasteiger partial charge on any atom is 0.308 e. The van der Waals surface area contributed by atoms with E-state index in [1.54, 1.807) is 0 Å². The fraction of sp³-hybridized carbons (Fsp3) is 0.429. The van der Waals surface area contributed by atoms with E-state index < -0.39 is 6.08 Å². The van der Waals surface area contributed by atoms with Crippen LogP contribution in [0.3, 0.4) is 0 Å². The van der Waals surface area contributed by atoms with Crippen molar-refractivity contribution in [2.45, 2.75) is 19.2 Å². The van der Waals surface area contributed by atoms with Crippen LogP contribution in [0.5, 0.6) is 0 Å². The minimum Gasteiger partial charge on any atom is -0.211 e. The monoisotopic (exact) mass is 150 g/mol. The summed E-state index contributed by atoms with van der Waals surface area (Å²) in [7, 11) is 5.39. The second-order valence-electron chi connectivity index (χ2n) is 2.42. The molecule has 1 unspecified atom stereocenters. The molecule has 1 aromatic rings. The van der Waals surface area contributed by atoms with Crippen LogP contribution in [0.25, 0.3) is 0 Å². The van der Waals surface area contributed by atoms with Crippen LogP contribution in [0.4, 0.5) is 4.39 Å². The molecule has 0 N–H and O–H groups in total. The van der Waals surface area contributed by atoms with Gasteiger partial charge in [0.15, 0.2) is 0 Å². The van der Waals surface area contributed by atoms with Crippen molar-refractivity contribution < 1.29 is 4.39 Å². The van der Waals surface area contributed by atoms with E-state index in [9.17, 15) is 4.39 Å². The zero-order chi connectivity index (χ0) is 8.27. The van der Waals surface area contributed by atoms with Crippen molar-refractivity contribution in [2.75, 3.05) is 0 Å². The fourth-order valence-electron chi connectivity index (χ4n) is 0.713. The quantitative estimate of drug-likeness (QED) is 0.469. The molecular weight excluding hydrogens is 142 g/mol. The Bertz CT molecular complexity index is 224. The summed E-state index contributed by atoms with van der Waals surface area (Å²) >= 11 is 0. The van der Waals surface area contributed by atoms with E-state index in [2.05, 4.69) is 9.97 Å². The van der Waals surface area contributed by atoms with E-state index in [4.69, 9.17) is 7.85 Å². The van der Waals surface area contributed by atoms with E-state index in [1.807, 2.05) is 6.92 Å². The highest BCUT2D eigenvalue weighted by molar-refractivity contribution is 6.09. The lowest BCUT2D eigenvalue weighted by Crippen LogP contribution is -1.96. The Morgan fingerprint density at radius 2 is 2.09 bits per heavy atom. The second kappa shape index (κ2) is 3.46. The number of halogens is 1. The first-order valence-electron chi connectivity index (χ1n) is 3.41. The number of hydrogen-bond donors (Lipinski definition) is 0. The molecule has 0 saturated heterocycles. The Morgan fingerprint density at radius 1 is 1.55 bits per heavy atom. The first-order chi connectivity index (χ1) is 5.24. The first kappa shape index (κ1) is 8.17. The number of nitrogens with zero attached hydrogens (tertiary/aromatic N) is 2. The van der Waals surface area contributed by atoms with Crippen molar-refractivity contribution in [3.63, 3.8) is 0 Å². The summed E-state index contributed by atoms with van der Waals surface area (Å²) in [6, 6.07) is 0. The fourth-order valence-corrected chi connectivity index (χ4v) is 0.713. The van der Waals surface area contributed by atoms with Gasteiger partial charge in [0.25, 0.3) is 0 Å². The first-order valence-corrected chi connectivity index (χ1v) is 3.41. The lowest BCUT2D eigenvalue weighted by atomic mass is 9.89. The highest BCUT2D eigenvalue weighted by atomic mass is 19.1. The predicted molar refractivity (Wildman–Crippen MR) is 41.0 cm³/mol. The summed E-state index contributed by atoms with van der Waals surface area (Å²) in [5.41, 5.74) is 0.869. The molecule has 0 bridgehead atoms. The van der Waals surface area contributed by atoms with Crippen LogP contribution in [0.1, 0.15) is 18.4 Å². The molecule has 4 heteroatoms. The van der Waals surface area contributed by atoms with Gasteiger partial charge in [-0.15, -0.1) is 0 Å². The van der Waals surface area contributed by atoms with Crippen LogP contribution in [0, 0.1) is 6.08 Å². The number of aromatic nitrogens is 2. The molecule has 1 heterocycles. The van der Waals surface area contributed by atoms with Crippen molar-refractivity contribution in [2.24, 2.45) is 0 Å². The van der Waals surface area contributed by atoms with E-state index >= 15 is 0 Å². The van der Waals surface area contributed by atoms with Gasteiger partial charge in [-0.25, -0.2) is 9.97 Å². The molecule has 1 rings (SSSR count). The van der Waals surface area contributed by atoms with E-state index in [0.29, 0.717) is 6.32 Å². The summed E-state index contributed by atoms with van der Waals surface area (Å²) < 4.78 is 12.2. The van der Waals surface area contributed by atoms with Gasteiger partial charge in [0.1, 0.15) is 0 Å².